The van der Waals surface area contributed by atoms with Gasteiger partial charge in [0, 0.05) is 41.4 Å². The Morgan fingerprint density at radius 3 is 2.75 bits per heavy atom. The second kappa shape index (κ2) is 10.2. The van der Waals surface area contributed by atoms with E-state index in [1.807, 2.05) is 32.2 Å². The highest BCUT2D eigenvalue weighted by Crippen LogP contribution is 2.41. The fourth-order valence-electron chi connectivity index (χ4n) is 3.48. The molecule has 7 nitrogen and oxygen atoms in total. The average Bonchev–Trinajstić information content (AvgIpc) is 3.21. The molecule has 1 saturated carbocycles. The molecule has 1 atom stereocenters. The van der Waals surface area contributed by atoms with Gasteiger partial charge in [0.25, 0.3) is 5.91 Å². The van der Waals surface area contributed by atoms with E-state index >= 15 is 0 Å². The van der Waals surface area contributed by atoms with Crippen molar-refractivity contribution in [3.05, 3.63) is 58.6 Å². The number of rotatable bonds is 9. The van der Waals surface area contributed by atoms with Crippen LogP contribution in [-0.4, -0.2) is 38.7 Å². The normalized spacial score (nSPS) is 14.6. The van der Waals surface area contributed by atoms with Gasteiger partial charge in [0.15, 0.2) is 0 Å². The number of nitrogens with one attached hydrogen (secondary N) is 1. The molecule has 32 heavy (non-hydrogen) atoms. The van der Waals surface area contributed by atoms with Gasteiger partial charge in [-0.3, -0.25) is 14.8 Å². The number of aliphatic hydroxyl groups excluding tert-OH is 1. The van der Waals surface area contributed by atoms with Crippen LogP contribution in [0.15, 0.2) is 36.8 Å². The van der Waals surface area contributed by atoms with Crippen LogP contribution in [0.4, 0.5) is 0 Å². The van der Waals surface area contributed by atoms with E-state index in [4.69, 9.17) is 4.74 Å². The van der Waals surface area contributed by atoms with Gasteiger partial charge < -0.3 is 15.2 Å². The highest BCUT2D eigenvalue weighted by atomic mass is 32.1. The number of nitrogens with zero attached hydrogens (tertiary/aromatic N) is 3. The van der Waals surface area contributed by atoms with Gasteiger partial charge >= 0.3 is 0 Å². The number of aryl methyl sites for hydroxylation is 1. The third-order valence-corrected chi connectivity index (χ3v) is 6.79. The van der Waals surface area contributed by atoms with Crippen LogP contribution >= 0.6 is 11.3 Å². The van der Waals surface area contributed by atoms with Crippen molar-refractivity contribution >= 4 is 17.2 Å². The van der Waals surface area contributed by atoms with Gasteiger partial charge in [-0.15, -0.1) is 11.3 Å². The Balaban J connectivity index is 1.56. The predicted molar refractivity (Wildman–Crippen MR) is 124 cm³/mol. The molecular formula is C24H28N4O3S. The summed E-state index contributed by atoms with van der Waals surface area (Å²) in [7, 11) is 0. The summed E-state index contributed by atoms with van der Waals surface area (Å²) < 4.78 is 5.98. The lowest BCUT2D eigenvalue weighted by Crippen LogP contribution is -2.23. The van der Waals surface area contributed by atoms with Crippen molar-refractivity contribution in [2.24, 2.45) is 0 Å². The molecule has 1 aliphatic carbocycles. The molecule has 1 aromatic carbocycles. The number of aromatic nitrogens is 3. The van der Waals surface area contributed by atoms with Crippen LogP contribution in [0.3, 0.4) is 0 Å². The predicted octanol–water partition coefficient (Wildman–Crippen LogP) is 4.26. The first-order valence-corrected chi connectivity index (χ1v) is 11.8. The summed E-state index contributed by atoms with van der Waals surface area (Å²) in [5.74, 6) is 0.984. The summed E-state index contributed by atoms with van der Waals surface area (Å²) in [5, 5.41) is 13.0. The quantitative estimate of drug-likeness (QED) is 0.504. The van der Waals surface area contributed by atoms with Crippen LogP contribution in [0.5, 0.6) is 5.75 Å². The number of hydrogen-bond donors (Lipinski definition) is 2. The summed E-state index contributed by atoms with van der Waals surface area (Å²) in [6.45, 7) is 4.10. The third kappa shape index (κ3) is 5.49. The Hall–Kier alpha value is -2.84. The number of carbonyl (C=O) groups is 1. The molecule has 2 aromatic heterocycles. The van der Waals surface area contributed by atoms with Gasteiger partial charge in [-0.1, -0.05) is 6.42 Å². The first-order chi connectivity index (χ1) is 15.5. The molecule has 0 spiro atoms. The maximum atomic E-state index is 12.9. The Bertz CT molecular complexity index is 1060. The molecule has 0 bridgehead atoms. The van der Waals surface area contributed by atoms with E-state index in [2.05, 4.69) is 20.3 Å². The smallest absolute Gasteiger partial charge is 0.251 e. The van der Waals surface area contributed by atoms with Crippen molar-refractivity contribution in [3.8, 4) is 16.3 Å². The Morgan fingerprint density at radius 2 is 2.06 bits per heavy atom. The topological polar surface area (TPSA) is 97.2 Å². The molecule has 4 rings (SSSR count). The van der Waals surface area contributed by atoms with Crippen molar-refractivity contribution in [2.45, 2.75) is 58.1 Å². The zero-order valence-electron chi connectivity index (χ0n) is 18.4. The Kier molecular flexibility index (Phi) is 7.12. The first-order valence-electron chi connectivity index (χ1n) is 11.0. The lowest BCUT2D eigenvalue weighted by Gasteiger charge is -2.23. The number of benzene rings is 1. The lowest BCUT2D eigenvalue weighted by molar-refractivity contribution is 0.0949. The Labute approximate surface area is 191 Å². The average molecular weight is 453 g/mol. The molecule has 1 aliphatic rings. The first kappa shape index (κ1) is 22.4. The molecule has 1 fully saturated rings. The number of amides is 1. The number of thiazole rings is 1. The summed E-state index contributed by atoms with van der Waals surface area (Å²) in [6.07, 6.45) is 9.36. The number of aliphatic hydroxyl groups is 1. The van der Waals surface area contributed by atoms with E-state index in [1.165, 1.54) is 24.1 Å². The highest BCUT2D eigenvalue weighted by molar-refractivity contribution is 7.15. The fourth-order valence-corrected chi connectivity index (χ4v) is 4.55. The van der Waals surface area contributed by atoms with Crippen LogP contribution in [0.1, 0.15) is 65.1 Å². The van der Waals surface area contributed by atoms with Crippen molar-refractivity contribution in [1.29, 1.82) is 0 Å². The molecule has 2 N–H and O–H groups in total. The molecular weight excluding hydrogens is 424 g/mol. The summed E-state index contributed by atoms with van der Waals surface area (Å²) in [4.78, 5) is 27.4. The minimum Gasteiger partial charge on any atom is -0.491 e. The fraction of sp³-hybridized carbons (Fsp3) is 0.417. The molecule has 2 heterocycles. The van der Waals surface area contributed by atoms with E-state index in [1.54, 1.807) is 29.8 Å². The van der Waals surface area contributed by atoms with E-state index in [9.17, 15) is 9.90 Å². The summed E-state index contributed by atoms with van der Waals surface area (Å²) >= 11 is 1.68. The molecule has 3 aromatic rings. The van der Waals surface area contributed by atoms with Crippen molar-refractivity contribution in [3.63, 3.8) is 0 Å². The monoisotopic (exact) mass is 452 g/mol. The third-order valence-electron chi connectivity index (χ3n) is 5.58. The minimum atomic E-state index is -0.218. The van der Waals surface area contributed by atoms with E-state index < -0.39 is 0 Å². The summed E-state index contributed by atoms with van der Waals surface area (Å²) in [6, 6.07) is 5.50. The van der Waals surface area contributed by atoms with Crippen molar-refractivity contribution in [1.82, 2.24) is 20.3 Å². The zero-order chi connectivity index (χ0) is 22.5. The van der Waals surface area contributed by atoms with Crippen LogP contribution in [0.2, 0.25) is 0 Å². The van der Waals surface area contributed by atoms with Crippen LogP contribution in [0, 0.1) is 6.92 Å². The van der Waals surface area contributed by atoms with E-state index in [0.29, 0.717) is 29.3 Å². The molecule has 168 valence electrons. The van der Waals surface area contributed by atoms with Crippen molar-refractivity contribution < 1.29 is 14.6 Å². The lowest BCUT2D eigenvalue weighted by atomic mass is 9.85. The molecule has 0 saturated heterocycles. The van der Waals surface area contributed by atoms with Gasteiger partial charge in [0.05, 0.1) is 30.2 Å². The minimum absolute atomic E-state index is 0.0447. The second-order valence-electron chi connectivity index (χ2n) is 8.21. The molecule has 1 amide bonds. The van der Waals surface area contributed by atoms with Gasteiger partial charge in [-0.25, -0.2) is 4.98 Å². The van der Waals surface area contributed by atoms with Crippen molar-refractivity contribution in [2.75, 3.05) is 6.61 Å². The zero-order valence-corrected chi connectivity index (χ0v) is 19.2. The van der Waals surface area contributed by atoms with E-state index in [-0.39, 0.29) is 25.2 Å². The van der Waals surface area contributed by atoms with Gasteiger partial charge in [0.1, 0.15) is 10.8 Å². The van der Waals surface area contributed by atoms with Gasteiger partial charge in [0.2, 0.25) is 0 Å². The standard InChI is InChI=1S/C24H28N4O3S/c1-15-11-26-20(12-25-15)13-27-23(30)18-8-19(10-21(9-18)31-16(2)6-7-29)24-28-14-22(32-24)17-4-3-5-17/h8-12,14,16-17,29H,3-7,13H2,1-2H3,(H,27,30)/t16-/m1/s1. The second-order valence-corrected chi connectivity index (χ2v) is 9.28. The molecule has 0 aliphatic heterocycles. The van der Waals surface area contributed by atoms with Crippen LogP contribution < -0.4 is 10.1 Å². The largest absolute Gasteiger partial charge is 0.491 e. The molecule has 0 radical (unpaired) electrons. The summed E-state index contributed by atoms with van der Waals surface area (Å²) in [5.41, 5.74) is 2.87. The molecule has 0 unspecified atom stereocenters. The highest BCUT2D eigenvalue weighted by Gasteiger charge is 2.22. The maximum absolute atomic E-state index is 12.9. The Morgan fingerprint density at radius 1 is 1.22 bits per heavy atom. The number of hydrogen-bond acceptors (Lipinski definition) is 7. The van der Waals surface area contributed by atoms with E-state index in [0.717, 1.165) is 16.3 Å². The van der Waals surface area contributed by atoms with Crippen LogP contribution in [-0.2, 0) is 6.54 Å². The SMILES string of the molecule is Cc1cnc(CNC(=O)c2cc(O[C@H](C)CCO)cc(-c3ncc(C4CCC4)s3)c2)cn1. The number of carbonyl (C=O) groups excluding carboxylic acids is 1. The van der Waals surface area contributed by atoms with Gasteiger partial charge in [-0.2, -0.15) is 0 Å². The maximum Gasteiger partial charge on any atom is 0.251 e. The van der Waals surface area contributed by atoms with Gasteiger partial charge in [-0.05, 0) is 50.8 Å². The number of ether oxygens (including phenoxy) is 1. The molecule has 8 heteroatoms. The van der Waals surface area contributed by atoms with Crippen LogP contribution in [0.25, 0.3) is 10.6 Å².